The van der Waals surface area contributed by atoms with Gasteiger partial charge in [0.05, 0.1) is 12.2 Å². The second-order valence-electron chi connectivity index (χ2n) is 7.25. The van der Waals surface area contributed by atoms with E-state index >= 15 is 0 Å². The van der Waals surface area contributed by atoms with Gasteiger partial charge in [0, 0.05) is 29.1 Å². The Morgan fingerprint density at radius 2 is 1.88 bits per heavy atom. The van der Waals surface area contributed by atoms with Gasteiger partial charge >= 0.3 is 0 Å². The summed E-state index contributed by atoms with van der Waals surface area (Å²) in [6.07, 6.45) is 2.00. The molecular formula is C19H19ClN2O3S. The minimum absolute atomic E-state index is 0.0668. The van der Waals surface area contributed by atoms with Crippen molar-refractivity contribution in [1.82, 2.24) is 4.90 Å². The molecule has 1 atom stereocenters. The first-order valence-corrected chi connectivity index (χ1v) is 10.6. The van der Waals surface area contributed by atoms with E-state index in [2.05, 4.69) is 0 Å². The number of hydrogen-bond donors (Lipinski definition) is 0. The number of sulfonamides is 1. The number of benzene rings is 2. The Balaban J connectivity index is 1.57. The standard InChI is InChI=1S/C19H19ClN2O3S/c1-26(24,25)22-13-19(10-15-5-2-3-8-17(15)22)11-21(12-19)18(23)14-6-4-7-16(20)9-14/h2-9H,10-13H2,1H3. The third kappa shape index (κ3) is 3.02. The van der Waals surface area contributed by atoms with Crippen LogP contribution in [0.5, 0.6) is 0 Å². The van der Waals surface area contributed by atoms with Crippen LogP contribution in [0.2, 0.25) is 5.02 Å². The molecule has 0 radical (unpaired) electrons. The lowest BCUT2D eigenvalue weighted by molar-refractivity contribution is 0.00910. The Morgan fingerprint density at radius 3 is 2.58 bits per heavy atom. The molecule has 1 unspecified atom stereocenters. The zero-order valence-corrected chi connectivity index (χ0v) is 15.9. The van der Waals surface area contributed by atoms with E-state index in [0.717, 1.165) is 17.7 Å². The van der Waals surface area contributed by atoms with E-state index in [4.69, 9.17) is 11.6 Å². The predicted octanol–water partition coefficient (Wildman–Crippen LogP) is 3.02. The summed E-state index contributed by atoms with van der Waals surface area (Å²) in [4.78, 5) is 14.4. The molecule has 5 nitrogen and oxygen atoms in total. The van der Waals surface area contributed by atoms with Gasteiger partial charge in [0.25, 0.3) is 5.91 Å². The van der Waals surface area contributed by atoms with Gasteiger partial charge in [-0.25, -0.2) is 0 Å². The summed E-state index contributed by atoms with van der Waals surface area (Å²) < 4.78 is 26.0. The fraction of sp³-hybridized carbons (Fsp3) is 0.316. The van der Waals surface area contributed by atoms with Gasteiger partial charge in [0.1, 0.15) is 16.7 Å². The van der Waals surface area contributed by atoms with Crippen molar-refractivity contribution in [2.45, 2.75) is 6.42 Å². The number of anilines is 1. The molecule has 1 amide bonds. The first-order chi connectivity index (χ1) is 12.3. The van der Waals surface area contributed by atoms with Crippen LogP contribution in [0.3, 0.4) is 0 Å². The summed E-state index contributed by atoms with van der Waals surface area (Å²) in [5, 5.41) is 0.529. The smallest absolute Gasteiger partial charge is 0.253 e. The number of amides is 1. The second-order valence-corrected chi connectivity index (χ2v) is 9.59. The highest BCUT2D eigenvalue weighted by molar-refractivity contribution is 7.98. The molecule has 0 saturated carbocycles. The molecule has 0 aliphatic carbocycles. The lowest BCUT2D eigenvalue weighted by atomic mass is 9.72. The quantitative estimate of drug-likeness (QED) is 0.740. The van der Waals surface area contributed by atoms with Crippen molar-refractivity contribution < 1.29 is 13.6 Å². The molecule has 26 heavy (non-hydrogen) atoms. The fourth-order valence-corrected chi connectivity index (χ4v) is 5.21. The Hall–Kier alpha value is -1.89. The van der Waals surface area contributed by atoms with Crippen LogP contribution >= 0.6 is 11.6 Å². The van der Waals surface area contributed by atoms with Crippen molar-refractivity contribution in [2.24, 2.45) is 5.41 Å². The molecule has 136 valence electrons. The highest BCUT2D eigenvalue weighted by atomic mass is 35.5. The van der Waals surface area contributed by atoms with Crippen molar-refractivity contribution in [3.63, 3.8) is 0 Å². The van der Waals surface area contributed by atoms with Crippen LogP contribution < -0.4 is 4.31 Å². The second kappa shape index (κ2) is 6.08. The van der Waals surface area contributed by atoms with Gasteiger partial charge in [-0.05, 0) is 36.2 Å². The Labute approximate surface area is 158 Å². The summed E-state index contributed by atoms with van der Waals surface area (Å²) in [5.41, 5.74) is 2.09. The topological polar surface area (TPSA) is 63.7 Å². The minimum atomic E-state index is -3.37. The largest absolute Gasteiger partial charge is 0.593 e. The van der Waals surface area contributed by atoms with Crippen molar-refractivity contribution in [2.75, 3.05) is 30.2 Å². The Kier molecular flexibility index (Phi) is 4.10. The number of para-hydroxylation sites is 1. The number of hydrogen-bond acceptors (Lipinski definition) is 3. The lowest BCUT2D eigenvalue weighted by Crippen LogP contribution is -2.65. The molecule has 1 spiro atoms. The average molecular weight is 391 g/mol. The molecule has 7 heteroatoms. The van der Waals surface area contributed by atoms with E-state index in [9.17, 15) is 13.6 Å². The van der Waals surface area contributed by atoms with Crippen LogP contribution in [0.15, 0.2) is 48.5 Å². The van der Waals surface area contributed by atoms with Gasteiger partial charge in [-0.3, -0.25) is 4.79 Å². The molecule has 2 aromatic carbocycles. The van der Waals surface area contributed by atoms with Gasteiger partial charge in [-0.1, -0.05) is 40.1 Å². The Morgan fingerprint density at radius 1 is 1.15 bits per heavy atom. The number of carbonyl (C=O) groups excluding carboxylic acids is 1. The number of likely N-dealkylation sites (tertiary alicyclic amines) is 1. The van der Waals surface area contributed by atoms with E-state index in [1.807, 2.05) is 24.3 Å². The molecule has 1 saturated heterocycles. The molecule has 2 aliphatic heterocycles. The predicted molar refractivity (Wildman–Crippen MR) is 102 cm³/mol. The van der Waals surface area contributed by atoms with Crippen LogP contribution in [0, 0.1) is 5.41 Å². The van der Waals surface area contributed by atoms with Gasteiger partial charge < -0.3 is 9.45 Å². The first kappa shape index (κ1) is 17.5. The normalized spacial score (nSPS) is 20.3. The summed E-state index contributed by atoms with van der Waals surface area (Å²) in [6, 6.07) is 14.5. The van der Waals surface area contributed by atoms with E-state index in [1.165, 1.54) is 10.6 Å². The monoisotopic (exact) mass is 390 g/mol. The van der Waals surface area contributed by atoms with Crippen LogP contribution in [0.25, 0.3) is 0 Å². The van der Waals surface area contributed by atoms with Crippen LogP contribution in [0.4, 0.5) is 5.69 Å². The SMILES string of the molecule is C[S+](=O)([O-])N1CC2(Cc3ccccc31)CN(C(=O)c1cccc(Cl)c1)C2. The summed E-state index contributed by atoms with van der Waals surface area (Å²) in [7, 11) is -3.37. The van der Waals surface area contributed by atoms with E-state index in [0.29, 0.717) is 30.2 Å². The number of rotatable bonds is 2. The number of fused-ring (bicyclic) bond motifs is 1. The van der Waals surface area contributed by atoms with E-state index < -0.39 is 10.4 Å². The highest BCUT2D eigenvalue weighted by Gasteiger charge is 2.51. The van der Waals surface area contributed by atoms with E-state index in [1.54, 1.807) is 29.2 Å². The van der Waals surface area contributed by atoms with Crippen LogP contribution in [-0.4, -0.2) is 41.2 Å². The molecule has 0 N–H and O–H groups in total. The summed E-state index contributed by atoms with van der Waals surface area (Å²) in [6.45, 7) is 1.49. The van der Waals surface area contributed by atoms with Crippen molar-refractivity contribution in [3.8, 4) is 0 Å². The summed E-state index contributed by atoms with van der Waals surface area (Å²) in [5.74, 6) is -0.0668. The van der Waals surface area contributed by atoms with Gasteiger partial charge in [0.2, 0.25) is 0 Å². The van der Waals surface area contributed by atoms with Crippen LogP contribution in [-0.2, 0) is 21.0 Å². The third-order valence-corrected chi connectivity index (χ3v) is 6.48. The molecule has 0 bridgehead atoms. The van der Waals surface area contributed by atoms with E-state index in [-0.39, 0.29) is 11.3 Å². The van der Waals surface area contributed by atoms with Gasteiger partial charge in [-0.2, -0.15) is 4.31 Å². The molecule has 2 aromatic rings. The fourth-order valence-electron chi connectivity index (χ4n) is 3.97. The first-order valence-electron chi connectivity index (χ1n) is 8.38. The molecule has 2 heterocycles. The highest BCUT2D eigenvalue weighted by Crippen LogP contribution is 2.44. The van der Waals surface area contributed by atoms with Crippen LogP contribution in [0.1, 0.15) is 15.9 Å². The zero-order chi connectivity index (χ0) is 18.5. The zero-order valence-electron chi connectivity index (χ0n) is 14.4. The van der Waals surface area contributed by atoms with Gasteiger partial charge in [0.15, 0.2) is 0 Å². The molecule has 4 rings (SSSR count). The maximum Gasteiger partial charge on any atom is 0.253 e. The molecule has 2 aliphatic rings. The number of halogens is 1. The Bertz CT molecular complexity index is 921. The lowest BCUT2D eigenvalue weighted by Gasteiger charge is -2.54. The van der Waals surface area contributed by atoms with Crippen molar-refractivity contribution in [1.29, 1.82) is 0 Å². The molecule has 1 fully saturated rings. The number of nitrogens with zero attached hydrogens (tertiary/aromatic N) is 2. The number of carbonyl (C=O) groups is 1. The maximum absolute atomic E-state index is 12.7. The molecule has 0 aromatic heterocycles. The van der Waals surface area contributed by atoms with Crippen molar-refractivity contribution in [3.05, 3.63) is 64.7 Å². The summed E-state index contributed by atoms with van der Waals surface area (Å²) >= 11 is 5.98. The molecular weight excluding hydrogens is 372 g/mol. The average Bonchev–Trinajstić information content (AvgIpc) is 2.57. The third-order valence-electron chi connectivity index (χ3n) is 5.12. The van der Waals surface area contributed by atoms with Crippen molar-refractivity contribution >= 4 is 33.6 Å². The maximum atomic E-state index is 12.7. The van der Waals surface area contributed by atoms with Gasteiger partial charge in [-0.15, -0.1) is 0 Å². The minimum Gasteiger partial charge on any atom is -0.593 e.